The number of carboxylic acid groups (broad SMARTS) is 1. The fourth-order valence-electron chi connectivity index (χ4n) is 2.57. The van der Waals surface area contributed by atoms with E-state index in [9.17, 15) is 13.2 Å². The van der Waals surface area contributed by atoms with E-state index < -0.39 is 16.0 Å². The number of carboxylic acids is 1. The number of anilines is 1. The Morgan fingerprint density at radius 1 is 1.14 bits per heavy atom. The number of sulfonamides is 1. The predicted octanol–water partition coefficient (Wildman–Crippen LogP) is 1.65. The molecule has 6 nitrogen and oxygen atoms in total. The van der Waals surface area contributed by atoms with Crippen molar-refractivity contribution in [2.45, 2.75) is 36.6 Å². The molecule has 7 heteroatoms. The van der Waals surface area contributed by atoms with E-state index >= 15 is 0 Å². The van der Waals surface area contributed by atoms with Gasteiger partial charge >= 0.3 is 5.97 Å². The lowest BCUT2D eigenvalue weighted by atomic mass is 9.86. The Hall–Kier alpha value is -1.60. The third-order valence-electron chi connectivity index (χ3n) is 3.88. The molecule has 0 heterocycles. The van der Waals surface area contributed by atoms with Crippen LogP contribution in [0.5, 0.6) is 0 Å². The Morgan fingerprint density at radius 2 is 1.71 bits per heavy atom. The van der Waals surface area contributed by atoms with Crippen LogP contribution in [0.4, 0.5) is 5.69 Å². The van der Waals surface area contributed by atoms with Gasteiger partial charge in [-0.15, -0.1) is 0 Å². The number of hydrogen-bond acceptors (Lipinski definition) is 4. The Bertz CT molecular complexity index is 590. The van der Waals surface area contributed by atoms with E-state index in [4.69, 9.17) is 5.11 Å². The van der Waals surface area contributed by atoms with Crippen LogP contribution >= 0.6 is 0 Å². The maximum Gasteiger partial charge on any atom is 0.306 e. The summed E-state index contributed by atoms with van der Waals surface area (Å²) in [5.74, 6) is -0.943. The molecule has 2 rings (SSSR count). The summed E-state index contributed by atoms with van der Waals surface area (Å²) in [6.07, 6.45) is 2.99. The van der Waals surface area contributed by atoms with Gasteiger partial charge in [-0.1, -0.05) is 0 Å². The zero-order chi connectivity index (χ0) is 15.5. The van der Waals surface area contributed by atoms with Gasteiger partial charge in [0, 0.05) is 11.7 Å². The smallest absolute Gasteiger partial charge is 0.306 e. The van der Waals surface area contributed by atoms with Crippen LogP contribution in [0, 0.1) is 5.92 Å². The van der Waals surface area contributed by atoms with Crippen LogP contribution in [0.3, 0.4) is 0 Å². The van der Waals surface area contributed by atoms with Crippen LogP contribution in [0.2, 0.25) is 0 Å². The highest BCUT2D eigenvalue weighted by Gasteiger charge is 2.25. The normalized spacial score (nSPS) is 22.7. The number of rotatable bonds is 5. The van der Waals surface area contributed by atoms with Gasteiger partial charge in [0.15, 0.2) is 0 Å². The summed E-state index contributed by atoms with van der Waals surface area (Å²) in [6.45, 7) is 0. The Kier molecular flexibility index (Phi) is 4.84. The van der Waals surface area contributed by atoms with E-state index in [0.29, 0.717) is 12.8 Å². The molecule has 1 fully saturated rings. The van der Waals surface area contributed by atoms with Crippen LogP contribution in [0.25, 0.3) is 0 Å². The largest absolute Gasteiger partial charge is 0.481 e. The molecule has 3 N–H and O–H groups in total. The van der Waals surface area contributed by atoms with Gasteiger partial charge in [0.25, 0.3) is 0 Å². The van der Waals surface area contributed by atoms with Crippen LogP contribution in [-0.4, -0.2) is 32.6 Å². The highest BCUT2D eigenvalue weighted by atomic mass is 32.2. The SMILES string of the molecule is CNS(=O)(=O)c1ccc(NC2CCC(C(=O)O)CC2)cc1. The number of benzene rings is 1. The molecule has 1 aliphatic rings. The van der Waals surface area contributed by atoms with Gasteiger partial charge in [0.2, 0.25) is 10.0 Å². The quantitative estimate of drug-likeness (QED) is 0.768. The van der Waals surface area contributed by atoms with Gasteiger partial charge in [-0.2, -0.15) is 0 Å². The zero-order valence-corrected chi connectivity index (χ0v) is 12.7. The number of carbonyl (C=O) groups is 1. The third kappa shape index (κ3) is 3.95. The van der Waals surface area contributed by atoms with Crippen molar-refractivity contribution in [3.63, 3.8) is 0 Å². The Labute approximate surface area is 124 Å². The van der Waals surface area contributed by atoms with Gasteiger partial charge < -0.3 is 10.4 Å². The minimum Gasteiger partial charge on any atom is -0.481 e. The highest BCUT2D eigenvalue weighted by molar-refractivity contribution is 7.89. The second-order valence-corrected chi connectivity index (χ2v) is 7.15. The monoisotopic (exact) mass is 312 g/mol. The third-order valence-corrected chi connectivity index (χ3v) is 5.31. The van der Waals surface area contributed by atoms with Gasteiger partial charge in [0.1, 0.15) is 0 Å². The van der Waals surface area contributed by atoms with Crippen molar-refractivity contribution in [2.75, 3.05) is 12.4 Å². The Morgan fingerprint density at radius 3 is 2.19 bits per heavy atom. The summed E-state index contributed by atoms with van der Waals surface area (Å²) >= 11 is 0. The van der Waals surface area contributed by atoms with E-state index in [2.05, 4.69) is 10.0 Å². The first-order chi connectivity index (χ1) is 9.92. The summed E-state index contributed by atoms with van der Waals surface area (Å²) in [4.78, 5) is 11.1. The summed E-state index contributed by atoms with van der Waals surface area (Å²) in [7, 11) is -2.03. The summed E-state index contributed by atoms with van der Waals surface area (Å²) in [5.41, 5.74) is 0.851. The average molecular weight is 312 g/mol. The first-order valence-electron chi connectivity index (χ1n) is 6.95. The molecule has 1 saturated carbocycles. The molecule has 0 unspecified atom stereocenters. The first-order valence-corrected chi connectivity index (χ1v) is 8.43. The van der Waals surface area contributed by atoms with E-state index in [1.54, 1.807) is 24.3 Å². The fraction of sp³-hybridized carbons (Fsp3) is 0.500. The van der Waals surface area contributed by atoms with Crippen molar-refractivity contribution in [1.82, 2.24) is 4.72 Å². The van der Waals surface area contributed by atoms with Gasteiger partial charge in [-0.25, -0.2) is 13.1 Å². The lowest BCUT2D eigenvalue weighted by molar-refractivity contribution is -0.142. The lowest BCUT2D eigenvalue weighted by Crippen LogP contribution is -2.29. The van der Waals surface area contributed by atoms with Crippen molar-refractivity contribution < 1.29 is 18.3 Å². The van der Waals surface area contributed by atoms with Crippen LogP contribution < -0.4 is 10.0 Å². The summed E-state index contributed by atoms with van der Waals surface area (Å²) < 4.78 is 25.5. The topological polar surface area (TPSA) is 95.5 Å². The molecular formula is C14H20N2O4S. The maximum absolute atomic E-state index is 11.6. The number of aliphatic carboxylic acids is 1. The van der Waals surface area contributed by atoms with Crippen molar-refractivity contribution in [3.8, 4) is 0 Å². The second-order valence-electron chi connectivity index (χ2n) is 5.26. The molecule has 1 aromatic rings. The summed E-state index contributed by atoms with van der Waals surface area (Å²) in [5, 5.41) is 12.3. The fourth-order valence-corrected chi connectivity index (χ4v) is 3.30. The molecule has 21 heavy (non-hydrogen) atoms. The van der Waals surface area contributed by atoms with Crippen LogP contribution in [0.1, 0.15) is 25.7 Å². The van der Waals surface area contributed by atoms with Crippen molar-refractivity contribution in [1.29, 1.82) is 0 Å². The average Bonchev–Trinajstić information content (AvgIpc) is 2.48. The number of hydrogen-bond donors (Lipinski definition) is 3. The predicted molar refractivity (Wildman–Crippen MR) is 79.7 cm³/mol. The number of nitrogens with one attached hydrogen (secondary N) is 2. The van der Waals surface area contributed by atoms with Crippen molar-refractivity contribution >= 4 is 21.7 Å². The molecule has 116 valence electrons. The molecule has 0 amide bonds. The van der Waals surface area contributed by atoms with Crippen LogP contribution in [-0.2, 0) is 14.8 Å². The zero-order valence-electron chi connectivity index (χ0n) is 11.9. The van der Waals surface area contributed by atoms with Gasteiger partial charge in [0.05, 0.1) is 10.8 Å². The molecule has 1 aliphatic carbocycles. The second kappa shape index (κ2) is 6.44. The molecular weight excluding hydrogens is 292 g/mol. The minimum absolute atomic E-state index is 0.227. The maximum atomic E-state index is 11.6. The molecule has 1 aromatic carbocycles. The van der Waals surface area contributed by atoms with Gasteiger partial charge in [-0.3, -0.25) is 4.79 Å². The standard InChI is InChI=1S/C14H20N2O4S/c1-15-21(19,20)13-8-6-12(7-9-13)16-11-4-2-10(3-5-11)14(17)18/h6-11,15-16H,2-5H2,1H3,(H,17,18). The first kappa shape index (κ1) is 15.8. The van der Waals surface area contributed by atoms with Crippen molar-refractivity contribution in [3.05, 3.63) is 24.3 Å². The van der Waals surface area contributed by atoms with E-state index in [1.807, 2.05) is 0 Å². The van der Waals surface area contributed by atoms with E-state index in [1.165, 1.54) is 7.05 Å². The minimum atomic E-state index is -3.41. The summed E-state index contributed by atoms with van der Waals surface area (Å²) in [6, 6.07) is 6.81. The molecule has 0 bridgehead atoms. The van der Waals surface area contributed by atoms with E-state index in [-0.39, 0.29) is 16.9 Å². The Balaban J connectivity index is 1.94. The molecule has 0 aromatic heterocycles. The van der Waals surface area contributed by atoms with Gasteiger partial charge in [-0.05, 0) is 57.0 Å². The van der Waals surface area contributed by atoms with Crippen molar-refractivity contribution in [2.24, 2.45) is 5.92 Å². The molecule has 0 aliphatic heterocycles. The molecule has 0 atom stereocenters. The molecule has 0 saturated heterocycles. The van der Waals surface area contributed by atoms with E-state index in [0.717, 1.165) is 18.5 Å². The molecule has 0 radical (unpaired) electrons. The highest BCUT2D eigenvalue weighted by Crippen LogP contribution is 2.27. The van der Waals surface area contributed by atoms with Crippen LogP contribution in [0.15, 0.2) is 29.2 Å². The molecule has 0 spiro atoms. The lowest BCUT2D eigenvalue weighted by Gasteiger charge is -2.27.